The molecule has 0 amide bonds. The van der Waals surface area contributed by atoms with E-state index in [0.717, 1.165) is 44.3 Å². The summed E-state index contributed by atoms with van der Waals surface area (Å²) < 4.78 is 28.6. The maximum absolute atomic E-state index is 14.3. The third-order valence-corrected chi connectivity index (χ3v) is 6.60. The summed E-state index contributed by atoms with van der Waals surface area (Å²) in [6, 6.07) is 19.3. The summed E-state index contributed by atoms with van der Waals surface area (Å²) in [5, 5.41) is 0. The Morgan fingerprint density at radius 3 is 2.17 bits per heavy atom. The maximum Gasteiger partial charge on any atom is 0.110 e. The number of nitrogens with zero attached hydrogens (tertiary/aromatic N) is 1. The number of hydrogen-bond donors (Lipinski definition) is 0. The van der Waals surface area contributed by atoms with Gasteiger partial charge in [0, 0.05) is 18.5 Å². The van der Waals surface area contributed by atoms with Crippen LogP contribution in [0.15, 0.2) is 54.6 Å². The van der Waals surface area contributed by atoms with Crippen molar-refractivity contribution in [1.82, 2.24) is 4.90 Å². The first kappa shape index (κ1) is 22.9. The van der Waals surface area contributed by atoms with Crippen LogP contribution in [0.2, 0.25) is 0 Å². The molecule has 0 aliphatic heterocycles. The molecule has 0 spiro atoms. The number of alkyl halides is 2. The molecule has 1 saturated carbocycles. The summed E-state index contributed by atoms with van der Waals surface area (Å²) in [5.74, 6) is -0.581. The van der Waals surface area contributed by atoms with Crippen LogP contribution < -0.4 is 0 Å². The van der Waals surface area contributed by atoms with Crippen LogP contribution in [0.3, 0.4) is 0 Å². The van der Waals surface area contributed by atoms with E-state index in [4.69, 9.17) is 0 Å². The van der Waals surface area contributed by atoms with Gasteiger partial charge in [0.05, 0.1) is 0 Å². The van der Waals surface area contributed by atoms with Crippen molar-refractivity contribution in [2.75, 3.05) is 6.54 Å². The molecule has 3 unspecified atom stereocenters. The van der Waals surface area contributed by atoms with Gasteiger partial charge in [-0.25, -0.2) is 8.78 Å². The normalized spacial score (nSPS) is 22.9. The highest BCUT2D eigenvalue weighted by Crippen LogP contribution is 2.37. The third kappa shape index (κ3) is 6.14. The fourth-order valence-electron chi connectivity index (χ4n) is 4.89. The van der Waals surface area contributed by atoms with E-state index in [9.17, 15) is 8.78 Å². The minimum absolute atomic E-state index is 0.486. The van der Waals surface area contributed by atoms with Crippen LogP contribution in [0.1, 0.15) is 75.0 Å². The Morgan fingerprint density at radius 1 is 0.900 bits per heavy atom. The minimum Gasteiger partial charge on any atom is -0.296 e. The summed E-state index contributed by atoms with van der Waals surface area (Å²) in [6.07, 6.45) is 3.90. The van der Waals surface area contributed by atoms with Gasteiger partial charge < -0.3 is 0 Å². The molecule has 30 heavy (non-hydrogen) atoms. The molecule has 2 aromatic rings. The average Bonchev–Trinajstić information content (AvgIpc) is 2.76. The van der Waals surface area contributed by atoms with E-state index >= 15 is 0 Å². The van der Waals surface area contributed by atoms with Crippen LogP contribution in [-0.2, 0) is 13.0 Å². The van der Waals surface area contributed by atoms with Gasteiger partial charge in [-0.1, -0.05) is 68.4 Å². The van der Waals surface area contributed by atoms with Gasteiger partial charge in [0.1, 0.15) is 12.3 Å². The standard InChI is InChI=1S/C27H37F2N/c1-3-19-30(20-22-9-6-5-7-10-22)24(4-2)18-15-21-13-16-23(17-14-21)27-25(28)11-8-12-26(27)29/h5-7,9-10,13-14,16-17,24-27H,3-4,8,11-12,15,18-20H2,1-2H3. The molecule has 1 aliphatic carbocycles. The maximum atomic E-state index is 14.3. The van der Waals surface area contributed by atoms with Crippen molar-refractivity contribution in [2.24, 2.45) is 0 Å². The van der Waals surface area contributed by atoms with Gasteiger partial charge in [0.25, 0.3) is 0 Å². The molecule has 3 atom stereocenters. The highest BCUT2D eigenvalue weighted by Gasteiger charge is 2.34. The van der Waals surface area contributed by atoms with E-state index in [0.29, 0.717) is 25.3 Å². The van der Waals surface area contributed by atoms with E-state index in [1.54, 1.807) is 0 Å². The van der Waals surface area contributed by atoms with Gasteiger partial charge in [-0.15, -0.1) is 0 Å². The predicted molar refractivity (Wildman–Crippen MR) is 122 cm³/mol. The molecule has 3 heteroatoms. The zero-order valence-corrected chi connectivity index (χ0v) is 18.6. The zero-order chi connectivity index (χ0) is 21.3. The Labute approximate surface area is 181 Å². The molecule has 1 aliphatic rings. The summed E-state index contributed by atoms with van der Waals surface area (Å²) in [6.45, 7) is 6.60. The van der Waals surface area contributed by atoms with Crippen LogP contribution in [0.5, 0.6) is 0 Å². The first-order valence-electron chi connectivity index (χ1n) is 11.8. The molecule has 0 radical (unpaired) electrons. The van der Waals surface area contributed by atoms with Crippen LogP contribution in [-0.4, -0.2) is 29.8 Å². The number of rotatable bonds is 10. The van der Waals surface area contributed by atoms with Crippen molar-refractivity contribution in [3.05, 3.63) is 71.3 Å². The monoisotopic (exact) mass is 413 g/mol. The van der Waals surface area contributed by atoms with Gasteiger partial charge >= 0.3 is 0 Å². The number of aryl methyl sites for hydroxylation is 1. The highest BCUT2D eigenvalue weighted by atomic mass is 19.1. The summed E-state index contributed by atoms with van der Waals surface area (Å²) in [7, 11) is 0. The number of benzene rings is 2. The Morgan fingerprint density at radius 2 is 1.57 bits per heavy atom. The molecule has 0 aromatic heterocycles. The molecule has 164 valence electrons. The van der Waals surface area contributed by atoms with Gasteiger partial charge in [-0.3, -0.25) is 4.90 Å². The first-order chi connectivity index (χ1) is 14.6. The number of hydrogen-bond acceptors (Lipinski definition) is 1. The van der Waals surface area contributed by atoms with Gasteiger partial charge in [0.2, 0.25) is 0 Å². The van der Waals surface area contributed by atoms with E-state index in [2.05, 4.69) is 61.2 Å². The van der Waals surface area contributed by atoms with Gasteiger partial charge in [-0.2, -0.15) is 0 Å². The molecule has 0 bridgehead atoms. The minimum atomic E-state index is -1.05. The van der Waals surface area contributed by atoms with Crippen LogP contribution in [0, 0.1) is 0 Å². The molecule has 1 fully saturated rings. The lowest BCUT2D eigenvalue weighted by Gasteiger charge is -2.31. The fourth-order valence-corrected chi connectivity index (χ4v) is 4.89. The lowest BCUT2D eigenvalue weighted by atomic mass is 9.81. The smallest absolute Gasteiger partial charge is 0.110 e. The van der Waals surface area contributed by atoms with Crippen LogP contribution in [0.25, 0.3) is 0 Å². The first-order valence-corrected chi connectivity index (χ1v) is 11.8. The summed E-state index contributed by atoms with van der Waals surface area (Å²) in [5.41, 5.74) is 3.44. The lowest BCUT2D eigenvalue weighted by molar-refractivity contribution is 0.124. The van der Waals surface area contributed by atoms with Crippen molar-refractivity contribution in [2.45, 2.75) is 89.6 Å². The van der Waals surface area contributed by atoms with Crippen LogP contribution >= 0.6 is 0 Å². The van der Waals surface area contributed by atoms with Crippen molar-refractivity contribution in [3.63, 3.8) is 0 Å². The molecular formula is C27H37F2N. The second-order valence-electron chi connectivity index (χ2n) is 8.79. The van der Waals surface area contributed by atoms with Gasteiger partial charge in [0.15, 0.2) is 0 Å². The molecule has 0 N–H and O–H groups in total. The van der Waals surface area contributed by atoms with Crippen molar-refractivity contribution < 1.29 is 8.78 Å². The van der Waals surface area contributed by atoms with Crippen LogP contribution in [0.4, 0.5) is 8.78 Å². The van der Waals surface area contributed by atoms with E-state index in [1.165, 1.54) is 11.1 Å². The molecular weight excluding hydrogens is 376 g/mol. The lowest BCUT2D eigenvalue weighted by Crippen LogP contribution is -2.35. The van der Waals surface area contributed by atoms with Gasteiger partial charge in [-0.05, 0) is 68.2 Å². The Hall–Kier alpha value is -1.74. The average molecular weight is 414 g/mol. The number of halogens is 2. The molecule has 0 heterocycles. The van der Waals surface area contributed by atoms with Crippen molar-refractivity contribution in [1.29, 1.82) is 0 Å². The fraction of sp³-hybridized carbons (Fsp3) is 0.556. The molecule has 2 aromatic carbocycles. The highest BCUT2D eigenvalue weighted by molar-refractivity contribution is 5.28. The summed E-state index contributed by atoms with van der Waals surface area (Å²) in [4.78, 5) is 2.60. The van der Waals surface area contributed by atoms with E-state index < -0.39 is 18.3 Å². The van der Waals surface area contributed by atoms with E-state index in [-0.39, 0.29) is 0 Å². The van der Waals surface area contributed by atoms with E-state index in [1.807, 2.05) is 12.1 Å². The predicted octanol–water partition coefficient (Wildman–Crippen LogP) is 7.25. The van der Waals surface area contributed by atoms with Crippen molar-refractivity contribution >= 4 is 0 Å². The Bertz CT molecular complexity index is 720. The summed E-state index contributed by atoms with van der Waals surface area (Å²) >= 11 is 0. The topological polar surface area (TPSA) is 3.24 Å². The largest absolute Gasteiger partial charge is 0.296 e. The second-order valence-corrected chi connectivity index (χ2v) is 8.79. The SMILES string of the molecule is CCCN(Cc1ccccc1)C(CC)CCc1ccc(C2C(F)CCCC2F)cc1. The molecule has 1 nitrogen and oxygen atoms in total. The Kier molecular flexibility index (Phi) is 8.87. The molecule has 3 rings (SSSR count). The Balaban J connectivity index is 1.60. The second kappa shape index (κ2) is 11.6. The third-order valence-electron chi connectivity index (χ3n) is 6.60. The quantitative estimate of drug-likeness (QED) is 0.396. The molecule has 0 saturated heterocycles. The zero-order valence-electron chi connectivity index (χ0n) is 18.6. The van der Waals surface area contributed by atoms with Crippen molar-refractivity contribution in [3.8, 4) is 0 Å².